The molecule has 8 heterocycles. The fourth-order valence-corrected chi connectivity index (χ4v) is 11.3. The number of halogens is 1. The highest BCUT2D eigenvalue weighted by molar-refractivity contribution is 6.23. The van der Waals surface area contributed by atoms with Crippen LogP contribution in [0.2, 0.25) is 0 Å². The number of amides is 4. The lowest BCUT2D eigenvalue weighted by Crippen LogP contribution is -2.54. The molecule has 5 fully saturated rings. The Labute approximate surface area is 373 Å². The van der Waals surface area contributed by atoms with E-state index in [1.165, 1.54) is 6.07 Å². The smallest absolute Gasteiger partial charge is 0.319 e. The van der Waals surface area contributed by atoms with Crippen molar-refractivity contribution in [2.45, 2.75) is 87.5 Å². The monoisotopic (exact) mass is 878 g/mol. The number of piperazine rings is 1. The molecule has 2 aromatic heterocycles. The van der Waals surface area contributed by atoms with Crippen LogP contribution in [-0.2, 0) is 20.7 Å². The van der Waals surface area contributed by atoms with E-state index >= 15 is 4.39 Å². The summed E-state index contributed by atoms with van der Waals surface area (Å²) in [5.74, 6) is 0.474. The molecule has 0 aliphatic carbocycles. The van der Waals surface area contributed by atoms with Crippen LogP contribution < -0.4 is 20.3 Å². The van der Waals surface area contributed by atoms with Gasteiger partial charge >= 0.3 is 6.01 Å². The number of terminal acetylenes is 1. The number of rotatable bonds is 11. The number of carbonyl (C=O) groups is 4. The Balaban J connectivity index is 0.800. The minimum absolute atomic E-state index is 0.0208. The Bertz CT molecular complexity index is 2870. The molecule has 65 heavy (non-hydrogen) atoms. The minimum Gasteiger partial charge on any atom is -0.508 e. The van der Waals surface area contributed by atoms with Gasteiger partial charge in [-0.3, -0.25) is 39.3 Å². The van der Waals surface area contributed by atoms with Crippen molar-refractivity contribution in [2.75, 3.05) is 44.4 Å². The van der Waals surface area contributed by atoms with Crippen LogP contribution in [0.1, 0.15) is 83.2 Å². The number of pyridine rings is 1. The maximum absolute atomic E-state index is 17.2. The van der Waals surface area contributed by atoms with Crippen LogP contribution in [0.25, 0.3) is 32.9 Å². The average molecular weight is 879 g/mol. The van der Waals surface area contributed by atoms with Gasteiger partial charge in [0.15, 0.2) is 5.82 Å². The van der Waals surface area contributed by atoms with E-state index in [1.54, 1.807) is 42.6 Å². The number of piperidine rings is 1. The number of carbonyl (C=O) groups excluding carboxylic acids is 4. The summed E-state index contributed by atoms with van der Waals surface area (Å²) in [5, 5.41) is 18.4. The first kappa shape index (κ1) is 41.2. The van der Waals surface area contributed by atoms with E-state index in [0.29, 0.717) is 84.5 Å². The zero-order chi connectivity index (χ0) is 44.6. The highest BCUT2D eigenvalue weighted by Crippen LogP contribution is 2.44. The largest absolute Gasteiger partial charge is 0.508 e. The van der Waals surface area contributed by atoms with Crippen LogP contribution in [-0.4, -0.2) is 123 Å². The zero-order valence-corrected chi connectivity index (χ0v) is 35.6. The number of imide groups is 2. The van der Waals surface area contributed by atoms with Crippen molar-refractivity contribution in [3.8, 4) is 35.4 Å². The van der Waals surface area contributed by atoms with Gasteiger partial charge in [-0.05, 0) is 99.2 Å². The number of phenolic OH excluding ortho intramolecular Hbond substituents is 1. The van der Waals surface area contributed by atoms with Crippen molar-refractivity contribution in [3.63, 3.8) is 0 Å². The Hall–Kier alpha value is -6.54. The quantitative estimate of drug-likeness (QED) is 0.0950. The molecule has 3 aromatic carbocycles. The number of benzene rings is 3. The number of nitrogens with zero attached hydrogens (tertiary/aromatic N) is 6. The Morgan fingerprint density at radius 2 is 1.78 bits per heavy atom. The molecule has 3 N–H and O–H groups in total. The van der Waals surface area contributed by atoms with E-state index in [1.807, 2.05) is 6.07 Å². The summed E-state index contributed by atoms with van der Waals surface area (Å²) in [4.78, 5) is 70.7. The van der Waals surface area contributed by atoms with Crippen molar-refractivity contribution in [1.82, 2.24) is 35.4 Å². The summed E-state index contributed by atoms with van der Waals surface area (Å²) >= 11 is 0. The minimum atomic E-state index is -1.01. The Morgan fingerprint density at radius 3 is 2.60 bits per heavy atom. The van der Waals surface area contributed by atoms with Crippen LogP contribution >= 0.6 is 0 Å². The molecule has 5 saturated heterocycles. The van der Waals surface area contributed by atoms with Gasteiger partial charge in [0.2, 0.25) is 11.8 Å². The van der Waals surface area contributed by atoms with Crippen molar-refractivity contribution >= 4 is 51.1 Å². The summed E-state index contributed by atoms with van der Waals surface area (Å²) in [6, 6.07) is 13.4. The molecule has 4 amide bonds. The van der Waals surface area contributed by atoms with E-state index < -0.39 is 35.5 Å². The molecular weight excluding hydrogens is 832 g/mol. The van der Waals surface area contributed by atoms with Crippen molar-refractivity contribution in [3.05, 3.63) is 82.8 Å². The maximum atomic E-state index is 17.2. The van der Waals surface area contributed by atoms with Crippen molar-refractivity contribution < 1.29 is 38.1 Å². The van der Waals surface area contributed by atoms with Gasteiger partial charge in [-0.25, -0.2) is 4.39 Å². The number of anilines is 1. The lowest BCUT2D eigenvalue weighted by molar-refractivity contribution is -0.136. The van der Waals surface area contributed by atoms with Crippen molar-refractivity contribution in [2.24, 2.45) is 0 Å². The summed E-state index contributed by atoms with van der Waals surface area (Å²) in [5.41, 5.74) is 2.09. The molecule has 332 valence electrons. The van der Waals surface area contributed by atoms with Gasteiger partial charge in [-0.2, -0.15) is 9.97 Å². The molecule has 11 rings (SSSR count). The highest BCUT2D eigenvalue weighted by Gasteiger charge is 2.50. The number of hydrogen-bond acceptors (Lipinski definition) is 13. The van der Waals surface area contributed by atoms with Gasteiger partial charge < -0.3 is 24.8 Å². The molecule has 2 bridgehead atoms. The molecule has 5 aromatic rings. The molecule has 0 saturated carbocycles. The summed E-state index contributed by atoms with van der Waals surface area (Å²) in [6.07, 6.45) is 14.0. The standard InChI is InChI=1S/C49H47FN8O7/c1-2-28-5-3-6-29-20-33(59)21-36(40(28)29)42-41(50)43-37(22-51-42)44(56-23-30-8-9-31(24-56)52-30)55-48(54-43)65-26-49-15-4-17-57(49)32(13-16-49)25-64-18-14-27-7-10-34-35(19-27)47(63)58(46(34)62)38-11-12-39(60)53-45(38)61/h1,3,5-7,10,19-22,30-32,38,52,59H,4,8-9,11-18,23-26H2,(H,53,60,61)/t30-,31+,32?,38?,49-/m0/s1. The zero-order valence-electron chi connectivity index (χ0n) is 35.6. The molecule has 15 nitrogen and oxygen atoms in total. The maximum Gasteiger partial charge on any atom is 0.319 e. The summed E-state index contributed by atoms with van der Waals surface area (Å²) < 4.78 is 30.0. The van der Waals surface area contributed by atoms with E-state index in [0.717, 1.165) is 55.5 Å². The molecule has 0 spiro atoms. The van der Waals surface area contributed by atoms with Gasteiger partial charge in [0, 0.05) is 60.3 Å². The number of aromatic nitrogens is 3. The van der Waals surface area contributed by atoms with Crippen molar-refractivity contribution in [1.29, 1.82) is 0 Å². The summed E-state index contributed by atoms with van der Waals surface area (Å²) in [7, 11) is 0. The summed E-state index contributed by atoms with van der Waals surface area (Å²) in [6.45, 7) is 3.53. The molecule has 6 aliphatic rings. The predicted octanol–water partition coefficient (Wildman–Crippen LogP) is 4.65. The number of nitrogens with one attached hydrogen (secondary N) is 2. The second kappa shape index (κ2) is 16.2. The average Bonchev–Trinajstić information content (AvgIpc) is 4.04. The Morgan fingerprint density at radius 1 is 0.954 bits per heavy atom. The van der Waals surface area contributed by atoms with E-state index in [2.05, 4.69) is 31.3 Å². The molecule has 6 aliphatic heterocycles. The van der Waals surface area contributed by atoms with Gasteiger partial charge in [-0.15, -0.1) is 6.42 Å². The number of ether oxygens (including phenoxy) is 2. The predicted molar refractivity (Wildman–Crippen MR) is 237 cm³/mol. The van der Waals surface area contributed by atoms with Gasteiger partial charge in [0.1, 0.15) is 35.4 Å². The third-order valence-electron chi connectivity index (χ3n) is 14.4. The fraction of sp³-hybridized carbons (Fsp3) is 0.408. The number of phenols is 1. The first-order valence-electron chi connectivity index (χ1n) is 22.5. The number of fused-ring (bicyclic) bond motifs is 6. The highest BCUT2D eigenvalue weighted by atomic mass is 19.1. The Kier molecular flexibility index (Phi) is 10.2. The molecule has 16 heteroatoms. The third-order valence-corrected chi connectivity index (χ3v) is 14.4. The first-order valence-corrected chi connectivity index (χ1v) is 22.5. The first-order chi connectivity index (χ1) is 31.6. The molecule has 5 atom stereocenters. The van der Waals surface area contributed by atoms with Gasteiger partial charge in [0.25, 0.3) is 11.8 Å². The molecular formula is C49H47FN8O7. The van der Waals surface area contributed by atoms with E-state index in [4.69, 9.17) is 25.9 Å². The van der Waals surface area contributed by atoms with Crippen LogP contribution in [0.3, 0.4) is 0 Å². The van der Waals surface area contributed by atoms with E-state index in [9.17, 15) is 24.3 Å². The SMILES string of the molecule is C#Cc1cccc2cc(O)cc(-c3ncc4c(N5C[C@H]6CC[C@@H](C5)N6)nc(OC[C@@]56CCCN5C(COCCc5ccc7c(c5)C(=O)N(C5CCC(=O)NC5=O)C7=O)CC6)nc4c3F)c12. The molecule has 0 radical (unpaired) electrons. The van der Waals surface area contributed by atoms with Crippen LogP contribution in [0.5, 0.6) is 11.8 Å². The molecule has 2 unspecified atom stereocenters. The van der Waals surface area contributed by atoms with Gasteiger partial charge in [0.05, 0.1) is 35.3 Å². The lowest BCUT2D eigenvalue weighted by atomic mass is 9.95. The number of aromatic hydroxyl groups is 1. The van der Waals surface area contributed by atoms with Crippen LogP contribution in [0.15, 0.2) is 54.7 Å². The lowest BCUT2D eigenvalue weighted by Gasteiger charge is -2.35. The number of hydrogen-bond donors (Lipinski definition) is 3. The van der Waals surface area contributed by atoms with E-state index in [-0.39, 0.29) is 58.5 Å². The third kappa shape index (κ3) is 7.13. The van der Waals surface area contributed by atoms with Crippen LogP contribution in [0.4, 0.5) is 10.2 Å². The van der Waals surface area contributed by atoms with Gasteiger partial charge in [-0.1, -0.05) is 24.1 Å². The second-order valence-corrected chi connectivity index (χ2v) is 18.3. The van der Waals surface area contributed by atoms with Crippen LogP contribution in [0, 0.1) is 18.2 Å². The second-order valence-electron chi connectivity index (χ2n) is 18.3. The topological polar surface area (TPSA) is 179 Å². The normalized spacial score (nSPS) is 25.1. The fourth-order valence-electron chi connectivity index (χ4n) is 11.3.